The van der Waals surface area contributed by atoms with Crippen molar-refractivity contribution < 1.29 is 22.8 Å². The Labute approximate surface area is 149 Å². The highest BCUT2D eigenvalue weighted by Gasteiger charge is 2.29. The van der Waals surface area contributed by atoms with E-state index in [9.17, 15) is 22.8 Å². The Balaban J connectivity index is 1.81. The smallest absolute Gasteiger partial charge is 0.329 e. The molecule has 0 spiro atoms. The molecule has 5 nitrogen and oxygen atoms in total. The number of nitrogens with one attached hydrogen (secondary N) is 3. The summed E-state index contributed by atoms with van der Waals surface area (Å²) < 4.78 is 38.1. The molecular weight excluding hydrogens is 403 g/mol. The molecule has 3 N–H and O–H groups in total. The third-order valence-corrected chi connectivity index (χ3v) is 3.48. The fourth-order valence-electron chi connectivity index (χ4n) is 1.85. The Morgan fingerprint density at radius 1 is 0.960 bits per heavy atom. The number of hydrogen-bond acceptors (Lipinski definition) is 2. The number of benzene rings is 2. The number of carbonyl (C=O) groups is 2. The van der Waals surface area contributed by atoms with Crippen LogP contribution >= 0.6 is 15.9 Å². The van der Waals surface area contributed by atoms with Gasteiger partial charge in [0, 0.05) is 15.8 Å². The Kier molecular flexibility index (Phi) is 6.02. The van der Waals surface area contributed by atoms with Gasteiger partial charge in [-0.25, -0.2) is 4.79 Å². The first-order valence-corrected chi connectivity index (χ1v) is 7.81. The fraction of sp³-hybridized carbons (Fsp3) is 0.125. The molecular formula is C16H13BrF3N3O2. The molecule has 0 aliphatic heterocycles. The molecule has 0 heterocycles. The lowest BCUT2D eigenvalue weighted by Gasteiger charge is -2.10. The first-order valence-electron chi connectivity index (χ1n) is 7.01. The molecule has 0 saturated heterocycles. The van der Waals surface area contributed by atoms with Crippen molar-refractivity contribution in [3.8, 4) is 0 Å². The zero-order valence-electron chi connectivity index (χ0n) is 12.7. The molecule has 2 aromatic rings. The zero-order chi connectivity index (χ0) is 18.4. The number of anilines is 2. The van der Waals surface area contributed by atoms with Gasteiger partial charge in [0.25, 0.3) is 0 Å². The lowest BCUT2D eigenvalue weighted by Crippen LogP contribution is -2.35. The van der Waals surface area contributed by atoms with E-state index in [1.165, 1.54) is 0 Å². The molecule has 132 valence electrons. The van der Waals surface area contributed by atoms with Crippen LogP contribution in [-0.4, -0.2) is 18.5 Å². The second-order valence-corrected chi connectivity index (χ2v) is 5.86. The third kappa shape index (κ3) is 6.11. The molecule has 3 amide bonds. The van der Waals surface area contributed by atoms with Crippen LogP contribution < -0.4 is 16.0 Å². The van der Waals surface area contributed by atoms with Crippen molar-refractivity contribution in [3.05, 3.63) is 58.6 Å². The number of alkyl halides is 3. The SMILES string of the molecule is O=C(CNC(=O)Nc1cccc(Br)c1)Nc1ccc(C(F)(F)F)cc1. The molecule has 0 aliphatic rings. The summed E-state index contributed by atoms with van der Waals surface area (Å²) in [6.07, 6.45) is -4.44. The number of amides is 3. The van der Waals surface area contributed by atoms with Gasteiger partial charge in [-0.15, -0.1) is 0 Å². The quantitative estimate of drug-likeness (QED) is 0.699. The second kappa shape index (κ2) is 8.02. The van der Waals surface area contributed by atoms with Crippen LogP contribution in [0.3, 0.4) is 0 Å². The van der Waals surface area contributed by atoms with E-state index in [0.29, 0.717) is 5.69 Å². The minimum atomic E-state index is -4.44. The minimum Gasteiger partial charge on any atom is -0.329 e. The molecule has 2 rings (SSSR count). The summed E-state index contributed by atoms with van der Waals surface area (Å²) in [5.74, 6) is -0.566. The molecule has 0 radical (unpaired) electrons. The average Bonchev–Trinajstić information content (AvgIpc) is 2.53. The Morgan fingerprint density at radius 2 is 1.64 bits per heavy atom. The van der Waals surface area contributed by atoms with Crippen LogP contribution in [0.1, 0.15) is 5.56 Å². The van der Waals surface area contributed by atoms with Crippen LogP contribution in [0.15, 0.2) is 53.0 Å². The van der Waals surface area contributed by atoms with Crippen LogP contribution in [0, 0.1) is 0 Å². The largest absolute Gasteiger partial charge is 0.416 e. The van der Waals surface area contributed by atoms with Crippen molar-refractivity contribution in [1.82, 2.24) is 5.32 Å². The Morgan fingerprint density at radius 3 is 2.24 bits per heavy atom. The van der Waals surface area contributed by atoms with E-state index in [1.54, 1.807) is 24.3 Å². The molecule has 0 aliphatic carbocycles. The lowest BCUT2D eigenvalue weighted by atomic mass is 10.2. The molecule has 0 fully saturated rings. The number of rotatable bonds is 4. The number of carbonyl (C=O) groups excluding carboxylic acids is 2. The van der Waals surface area contributed by atoms with E-state index in [-0.39, 0.29) is 12.2 Å². The van der Waals surface area contributed by atoms with Gasteiger partial charge in [0.05, 0.1) is 12.1 Å². The fourth-order valence-corrected chi connectivity index (χ4v) is 2.25. The molecule has 25 heavy (non-hydrogen) atoms. The summed E-state index contributed by atoms with van der Waals surface area (Å²) >= 11 is 3.26. The first kappa shape index (κ1) is 18.8. The van der Waals surface area contributed by atoms with Crippen molar-refractivity contribution in [2.45, 2.75) is 6.18 Å². The van der Waals surface area contributed by atoms with Crippen LogP contribution in [0.4, 0.5) is 29.3 Å². The van der Waals surface area contributed by atoms with Gasteiger partial charge in [-0.1, -0.05) is 22.0 Å². The van der Waals surface area contributed by atoms with Crippen LogP contribution in [0.2, 0.25) is 0 Å². The highest BCUT2D eigenvalue weighted by molar-refractivity contribution is 9.10. The van der Waals surface area contributed by atoms with Crippen molar-refractivity contribution >= 4 is 39.2 Å². The Bertz CT molecular complexity index is 764. The van der Waals surface area contributed by atoms with Crippen molar-refractivity contribution in [2.75, 3.05) is 17.2 Å². The van der Waals surface area contributed by atoms with Gasteiger partial charge in [0.2, 0.25) is 5.91 Å². The van der Waals surface area contributed by atoms with Gasteiger partial charge in [0.15, 0.2) is 0 Å². The molecule has 2 aromatic carbocycles. The highest BCUT2D eigenvalue weighted by atomic mass is 79.9. The maximum absolute atomic E-state index is 12.5. The normalized spacial score (nSPS) is 10.9. The number of urea groups is 1. The van der Waals surface area contributed by atoms with Crippen molar-refractivity contribution in [3.63, 3.8) is 0 Å². The molecule has 0 atom stereocenters. The van der Waals surface area contributed by atoms with Gasteiger partial charge in [-0.3, -0.25) is 4.79 Å². The lowest BCUT2D eigenvalue weighted by molar-refractivity contribution is -0.137. The molecule has 9 heteroatoms. The third-order valence-electron chi connectivity index (χ3n) is 2.99. The first-order chi connectivity index (χ1) is 11.7. The standard InChI is InChI=1S/C16H13BrF3N3O2/c17-11-2-1-3-13(8-11)23-15(25)21-9-14(24)22-12-6-4-10(5-7-12)16(18,19)20/h1-8H,9H2,(H,22,24)(H2,21,23,25). The summed E-state index contributed by atoms with van der Waals surface area (Å²) in [7, 11) is 0. The van der Waals surface area contributed by atoms with Crippen LogP contribution in [0.25, 0.3) is 0 Å². The highest BCUT2D eigenvalue weighted by Crippen LogP contribution is 2.29. The predicted octanol–water partition coefficient (Wildman–Crippen LogP) is 4.23. The maximum atomic E-state index is 12.5. The number of hydrogen-bond donors (Lipinski definition) is 3. The van der Waals surface area contributed by atoms with Crippen LogP contribution in [-0.2, 0) is 11.0 Å². The number of halogens is 4. The average molecular weight is 416 g/mol. The molecule has 0 saturated carbocycles. The van der Waals surface area contributed by atoms with Gasteiger partial charge >= 0.3 is 12.2 Å². The minimum absolute atomic E-state index is 0.201. The molecule has 0 bridgehead atoms. The van der Waals surface area contributed by atoms with Gasteiger partial charge in [-0.2, -0.15) is 13.2 Å². The van der Waals surface area contributed by atoms with Crippen molar-refractivity contribution in [1.29, 1.82) is 0 Å². The summed E-state index contributed by atoms with van der Waals surface area (Å²) in [4.78, 5) is 23.4. The van der Waals surface area contributed by atoms with Gasteiger partial charge in [0.1, 0.15) is 0 Å². The summed E-state index contributed by atoms with van der Waals surface area (Å²) in [5.41, 5.74) is -0.0701. The van der Waals surface area contributed by atoms with Crippen molar-refractivity contribution in [2.24, 2.45) is 0 Å². The summed E-state index contributed by atoms with van der Waals surface area (Å²) in [5, 5.41) is 7.28. The second-order valence-electron chi connectivity index (χ2n) is 4.94. The predicted molar refractivity (Wildman–Crippen MR) is 91.2 cm³/mol. The maximum Gasteiger partial charge on any atom is 0.416 e. The zero-order valence-corrected chi connectivity index (χ0v) is 14.2. The van der Waals surface area contributed by atoms with E-state index >= 15 is 0 Å². The topological polar surface area (TPSA) is 70.2 Å². The summed E-state index contributed by atoms with van der Waals surface area (Å²) in [6.45, 7) is -0.332. The van der Waals surface area contributed by atoms with E-state index in [4.69, 9.17) is 0 Å². The molecule has 0 aromatic heterocycles. The molecule has 0 unspecified atom stereocenters. The van der Waals surface area contributed by atoms with Gasteiger partial charge < -0.3 is 16.0 Å². The van der Waals surface area contributed by atoms with Crippen LogP contribution in [0.5, 0.6) is 0 Å². The Hall–Kier alpha value is -2.55. The van der Waals surface area contributed by atoms with E-state index in [0.717, 1.165) is 28.7 Å². The van der Waals surface area contributed by atoms with Gasteiger partial charge in [-0.05, 0) is 42.5 Å². The van der Waals surface area contributed by atoms with E-state index in [2.05, 4.69) is 31.9 Å². The van der Waals surface area contributed by atoms with E-state index < -0.39 is 23.7 Å². The monoisotopic (exact) mass is 415 g/mol. The summed E-state index contributed by atoms with van der Waals surface area (Å²) in [6, 6.07) is 10.3. The van der Waals surface area contributed by atoms with E-state index in [1.807, 2.05) is 0 Å².